The maximum absolute atomic E-state index is 13.2. The molecule has 1 atom stereocenters. The molecule has 28 heavy (non-hydrogen) atoms. The molecule has 2 fully saturated rings. The minimum Gasteiger partial charge on any atom is -0.383 e. The van der Waals surface area contributed by atoms with Crippen LogP contribution in [0.1, 0.15) is 31.7 Å². The first-order chi connectivity index (χ1) is 13.6. The number of nitrogens with one attached hydrogen (secondary N) is 2. The minimum absolute atomic E-state index is 0.182. The summed E-state index contributed by atoms with van der Waals surface area (Å²) in [5.41, 5.74) is 0.880. The van der Waals surface area contributed by atoms with Crippen molar-refractivity contribution < 1.29 is 9.53 Å². The number of methoxy groups -OCH3 is 1. The first kappa shape index (κ1) is 21.0. The van der Waals surface area contributed by atoms with Gasteiger partial charge in [0, 0.05) is 46.1 Å². The highest BCUT2D eigenvalue weighted by molar-refractivity contribution is 7.80. The van der Waals surface area contributed by atoms with Crippen LogP contribution in [0.2, 0.25) is 0 Å². The van der Waals surface area contributed by atoms with Gasteiger partial charge >= 0.3 is 0 Å². The highest BCUT2D eigenvalue weighted by Crippen LogP contribution is 2.33. The van der Waals surface area contributed by atoms with Gasteiger partial charge in [0.05, 0.1) is 18.3 Å². The summed E-state index contributed by atoms with van der Waals surface area (Å²) in [6, 6.07) is 10.0. The van der Waals surface area contributed by atoms with Crippen molar-refractivity contribution in [3.05, 3.63) is 35.9 Å². The van der Waals surface area contributed by atoms with E-state index in [2.05, 4.69) is 34.6 Å². The minimum atomic E-state index is -0.300. The Balaban J connectivity index is 1.69. The van der Waals surface area contributed by atoms with E-state index in [1.165, 1.54) is 5.56 Å². The maximum atomic E-state index is 13.2. The van der Waals surface area contributed by atoms with E-state index in [9.17, 15) is 4.79 Å². The summed E-state index contributed by atoms with van der Waals surface area (Å²) in [6.45, 7) is 5.89. The molecule has 1 amide bonds. The zero-order valence-corrected chi connectivity index (χ0v) is 17.8. The van der Waals surface area contributed by atoms with Crippen LogP contribution in [0, 0.1) is 0 Å². The highest BCUT2D eigenvalue weighted by Gasteiger charge is 2.51. The Labute approximate surface area is 173 Å². The lowest BCUT2D eigenvalue weighted by Gasteiger charge is -2.45. The van der Waals surface area contributed by atoms with Gasteiger partial charge in [-0.1, -0.05) is 37.3 Å². The normalized spacial score (nSPS) is 21.4. The molecule has 1 spiro atoms. The van der Waals surface area contributed by atoms with Gasteiger partial charge in [-0.15, -0.1) is 0 Å². The quantitative estimate of drug-likeness (QED) is 0.676. The zero-order chi connectivity index (χ0) is 20.0. The number of thiocarbonyl (C=S) groups is 1. The van der Waals surface area contributed by atoms with E-state index >= 15 is 0 Å². The fraction of sp³-hybridized carbons (Fsp3) is 0.619. The molecule has 7 heteroatoms. The molecule has 1 aromatic carbocycles. The number of carbonyl (C=O) groups excluding carboxylic acids is 1. The summed E-state index contributed by atoms with van der Waals surface area (Å²) in [7, 11) is 1.68. The van der Waals surface area contributed by atoms with Crippen LogP contribution in [0.4, 0.5) is 0 Å². The van der Waals surface area contributed by atoms with Gasteiger partial charge in [-0.2, -0.15) is 0 Å². The van der Waals surface area contributed by atoms with E-state index < -0.39 is 0 Å². The number of carbonyl (C=O) groups is 1. The van der Waals surface area contributed by atoms with E-state index in [-0.39, 0.29) is 17.6 Å². The van der Waals surface area contributed by atoms with E-state index in [0.29, 0.717) is 19.6 Å². The van der Waals surface area contributed by atoms with Crippen molar-refractivity contribution in [3.63, 3.8) is 0 Å². The van der Waals surface area contributed by atoms with Crippen LogP contribution in [-0.2, 0) is 16.0 Å². The number of hydrogen-bond acceptors (Lipinski definition) is 4. The Kier molecular flexibility index (Phi) is 7.26. The lowest BCUT2D eigenvalue weighted by Crippen LogP contribution is -2.60. The Bertz CT molecular complexity index is 662. The van der Waals surface area contributed by atoms with Crippen molar-refractivity contribution in [2.45, 2.75) is 44.3 Å². The van der Waals surface area contributed by atoms with E-state index in [4.69, 9.17) is 17.0 Å². The molecule has 0 radical (unpaired) electrons. The van der Waals surface area contributed by atoms with Crippen LogP contribution in [0.5, 0.6) is 0 Å². The molecule has 2 aliphatic rings. The van der Waals surface area contributed by atoms with Crippen LogP contribution in [0.3, 0.4) is 0 Å². The van der Waals surface area contributed by atoms with Crippen molar-refractivity contribution in [2.75, 3.05) is 39.9 Å². The summed E-state index contributed by atoms with van der Waals surface area (Å²) in [5.74, 6) is 0.182. The third kappa shape index (κ3) is 4.64. The predicted molar refractivity (Wildman–Crippen MR) is 115 cm³/mol. The van der Waals surface area contributed by atoms with Gasteiger partial charge < -0.3 is 19.9 Å². The lowest BCUT2D eigenvalue weighted by atomic mass is 9.96. The van der Waals surface area contributed by atoms with Gasteiger partial charge in [-0.25, -0.2) is 0 Å². The van der Waals surface area contributed by atoms with Crippen molar-refractivity contribution in [1.29, 1.82) is 0 Å². The number of hydrogen-bond donors (Lipinski definition) is 2. The molecule has 0 aromatic heterocycles. The highest BCUT2D eigenvalue weighted by atomic mass is 32.1. The summed E-state index contributed by atoms with van der Waals surface area (Å²) in [5, 5.41) is 7.83. The molecule has 2 heterocycles. The fourth-order valence-corrected chi connectivity index (χ4v) is 4.48. The number of piperidine rings is 1. The average Bonchev–Trinajstić information content (AvgIpc) is 2.96. The molecular weight excluding hydrogens is 372 g/mol. The first-order valence-electron chi connectivity index (χ1n) is 10.2. The summed E-state index contributed by atoms with van der Waals surface area (Å²) in [6.07, 6.45) is 3.49. The number of amides is 1. The zero-order valence-electron chi connectivity index (χ0n) is 16.9. The molecule has 1 aromatic rings. The summed E-state index contributed by atoms with van der Waals surface area (Å²) in [4.78, 5) is 17.4. The molecule has 2 aliphatic heterocycles. The van der Waals surface area contributed by atoms with Crippen molar-refractivity contribution in [1.82, 2.24) is 20.4 Å². The molecule has 0 unspecified atom stereocenters. The largest absolute Gasteiger partial charge is 0.383 e. The Morgan fingerprint density at radius 2 is 2.04 bits per heavy atom. The molecule has 2 N–H and O–H groups in total. The number of ether oxygens (including phenoxy) is 1. The lowest BCUT2D eigenvalue weighted by molar-refractivity contribution is -0.134. The van der Waals surface area contributed by atoms with Crippen LogP contribution in [-0.4, -0.2) is 72.4 Å². The van der Waals surface area contributed by atoms with Gasteiger partial charge in [-0.05, 0) is 30.6 Å². The summed E-state index contributed by atoms with van der Waals surface area (Å²) >= 11 is 5.53. The van der Waals surface area contributed by atoms with E-state index in [1.54, 1.807) is 7.11 Å². The number of rotatable bonds is 7. The molecule has 0 bridgehead atoms. The second kappa shape index (κ2) is 9.67. The Hall–Kier alpha value is -1.70. The Morgan fingerprint density at radius 1 is 1.32 bits per heavy atom. The standard InChI is InChI=1S/C21H32N4O2S/c1-3-11-22-20(28)24-12-9-21(10-13-24)23-18(16-17-7-5-4-6-8-17)19(26)25(21)14-15-27-2/h4-8,18,23H,3,9-16H2,1-2H3,(H,22,28)/t18-/m0/s1. The van der Waals surface area contributed by atoms with Gasteiger partial charge in [0.25, 0.3) is 0 Å². The van der Waals surface area contributed by atoms with Crippen LogP contribution >= 0.6 is 12.2 Å². The van der Waals surface area contributed by atoms with E-state index in [1.807, 2.05) is 23.1 Å². The second-order valence-electron chi connectivity index (χ2n) is 7.62. The van der Waals surface area contributed by atoms with Gasteiger partial charge in [0.15, 0.2) is 5.11 Å². The van der Waals surface area contributed by atoms with E-state index in [0.717, 1.165) is 44.0 Å². The average molecular weight is 405 g/mol. The van der Waals surface area contributed by atoms with Crippen LogP contribution in [0.15, 0.2) is 30.3 Å². The molecule has 6 nitrogen and oxygen atoms in total. The molecule has 0 aliphatic carbocycles. The van der Waals surface area contributed by atoms with Gasteiger partial charge in [0.2, 0.25) is 5.91 Å². The summed E-state index contributed by atoms with van der Waals surface area (Å²) < 4.78 is 5.28. The second-order valence-corrected chi connectivity index (χ2v) is 8.01. The monoisotopic (exact) mass is 404 g/mol. The molecule has 0 saturated carbocycles. The third-order valence-corrected chi connectivity index (χ3v) is 6.13. The molecule has 3 rings (SSSR count). The fourth-order valence-electron chi connectivity index (χ4n) is 4.20. The van der Waals surface area contributed by atoms with Crippen molar-refractivity contribution >= 4 is 23.2 Å². The topological polar surface area (TPSA) is 56.8 Å². The van der Waals surface area contributed by atoms with Crippen molar-refractivity contribution in [3.8, 4) is 0 Å². The molecule has 2 saturated heterocycles. The van der Waals surface area contributed by atoms with Gasteiger partial charge in [-0.3, -0.25) is 10.1 Å². The number of benzene rings is 1. The molecular formula is C21H32N4O2S. The predicted octanol–water partition coefficient (Wildman–Crippen LogP) is 1.75. The molecule has 154 valence electrons. The SMILES string of the molecule is CCCNC(=S)N1CCC2(CC1)N[C@@H](Cc1ccccc1)C(=O)N2CCOC. The maximum Gasteiger partial charge on any atom is 0.241 e. The number of likely N-dealkylation sites (tertiary alicyclic amines) is 1. The van der Waals surface area contributed by atoms with Crippen LogP contribution < -0.4 is 10.6 Å². The first-order valence-corrected chi connectivity index (χ1v) is 10.7. The Morgan fingerprint density at radius 3 is 2.68 bits per heavy atom. The smallest absolute Gasteiger partial charge is 0.241 e. The number of nitrogens with zero attached hydrogens (tertiary/aromatic N) is 2. The van der Waals surface area contributed by atoms with Gasteiger partial charge in [0.1, 0.15) is 0 Å². The van der Waals surface area contributed by atoms with Crippen LogP contribution in [0.25, 0.3) is 0 Å². The van der Waals surface area contributed by atoms with Crippen molar-refractivity contribution in [2.24, 2.45) is 0 Å². The third-order valence-electron chi connectivity index (χ3n) is 5.73.